The Morgan fingerprint density at radius 2 is 1.91 bits per heavy atom. The van der Waals surface area contributed by atoms with Gasteiger partial charge >= 0.3 is 0 Å². The first kappa shape index (κ1) is 16.7. The Bertz CT molecular complexity index is 685. The number of hydrogen-bond donors (Lipinski definition) is 1. The van der Waals surface area contributed by atoms with E-state index in [0.29, 0.717) is 5.69 Å². The Morgan fingerprint density at radius 3 is 2.50 bits per heavy atom. The van der Waals surface area contributed by atoms with Gasteiger partial charge in [0.25, 0.3) is 5.69 Å². The quantitative estimate of drug-likeness (QED) is 0.677. The molecule has 0 saturated carbocycles. The summed E-state index contributed by atoms with van der Waals surface area (Å²) in [5, 5.41) is 16.2. The molecule has 22 heavy (non-hydrogen) atoms. The van der Waals surface area contributed by atoms with Crippen molar-refractivity contribution in [3.8, 4) is 0 Å². The topological polar surface area (TPSA) is 107 Å². The minimum absolute atomic E-state index is 0.220. The van der Waals surface area contributed by atoms with Gasteiger partial charge in [-0.2, -0.15) is 0 Å². The molecule has 0 radical (unpaired) electrons. The number of non-ortho nitro benzene ring substituents is 1. The van der Waals surface area contributed by atoms with Crippen molar-refractivity contribution in [3.63, 3.8) is 0 Å². The van der Waals surface area contributed by atoms with E-state index in [1.165, 1.54) is 12.1 Å². The van der Waals surface area contributed by atoms with Crippen LogP contribution in [0.25, 0.3) is 0 Å². The molecule has 1 fully saturated rings. The molecule has 1 aliphatic heterocycles. The Balaban J connectivity index is 2.42. The summed E-state index contributed by atoms with van der Waals surface area (Å²) in [6, 6.07) is 3.83. The van der Waals surface area contributed by atoms with Crippen molar-refractivity contribution in [2.75, 3.05) is 18.0 Å². The Labute approximate surface area is 130 Å². The maximum Gasteiger partial charge on any atom is 0.272 e. The third-order valence-electron chi connectivity index (χ3n) is 4.12. The summed E-state index contributed by atoms with van der Waals surface area (Å²) in [5.74, 6) is 0. The van der Waals surface area contributed by atoms with Gasteiger partial charge in [-0.15, -0.1) is 0 Å². The molecule has 1 saturated heterocycles. The molecule has 0 atom stereocenters. The van der Waals surface area contributed by atoms with Gasteiger partial charge in [-0.05, 0) is 30.7 Å². The number of anilines is 1. The number of rotatable bonds is 3. The lowest BCUT2D eigenvalue weighted by molar-refractivity contribution is -0.385. The highest BCUT2D eigenvalue weighted by atomic mass is 32.2. The van der Waals surface area contributed by atoms with Crippen LogP contribution in [0.2, 0.25) is 0 Å². The average molecular weight is 327 g/mol. The lowest BCUT2D eigenvalue weighted by atomic mass is 9.85. The third kappa shape index (κ3) is 3.95. The summed E-state index contributed by atoms with van der Waals surface area (Å²) in [5.41, 5.74) is 0.499. The molecule has 1 aliphatic rings. The molecule has 2 rings (SSSR count). The summed E-state index contributed by atoms with van der Waals surface area (Å²) >= 11 is 0. The van der Waals surface area contributed by atoms with Gasteiger partial charge in [0.05, 0.1) is 9.82 Å². The maximum atomic E-state index is 11.6. The normalized spacial score (nSPS) is 18.8. The van der Waals surface area contributed by atoms with E-state index in [9.17, 15) is 18.5 Å². The van der Waals surface area contributed by atoms with E-state index in [1.54, 1.807) is 0 Å². The van der Waals surface area contributed by atoms with Gasteiger partial charge in [0.15, 0.2) is 0 Å². The van der Waals surface area contributed by atoms with E-state index in [4.69, 9.17) is 5.14 Å². The molecule has 0 spiro atoms. The standard InChI is InChI=1S/C14H21N3O4S/c1-14(2)4-3-6-16(7-5-14)11-8-12(17(18)19)10-13(9-11)22(15,20)21/h8-10H,3-7H2,1-2H3,(H2,15,20,21). The second kappa shape index (κ2) is 5.85. The smallest absolute Gasteiger partial charge is 0.272 e. The average Bonchev–Trinajstić information content (AvgIpc) is 2.58. The van der Waals surface area contributed by atoms with Gasteiger partial charge in [-0.1, -0.05) is 13.8 Å². The number of sulfonamides is 1. The number of nitrogens with two attached hydrogens (primary N) is 1. The van der Waals surface area contributed by atoms with Crippen LogP contribution in [-0.2, 0) is 10.0 Å². The zero-order chi connectivity index (χ0) is 16.5. The lowest BCUT2D eigenvalue weighted by Gasteiger charge is -2.25. The highest BCUT2D eigenvalue weighted by Gasteiger charge is 2.25. The van der Waals surface area contributed by atoms with E-state index in [2.05, 4.69) is 13.8 Å². The van der Waals surface area contributed by atoms with Gasteiger partial charge < -0.3 is 4.90 Å². The molecule has 2 N–H and O–H groups in total. The number of benzene rings is 1. The number of nitro benzene ring substituents is 1. The zero-order valence-corrected chi connectivity index (χ0v) is 13.6. The summed E-state index contributed by atoms with van der Waals surface area (Å²) < 4.78 is 23.1. The predicted octanol–water partition coefficient (Wildman–Crippen LogP) is 2.26. The third-order valence-corrected chi connectivity index (χ3v) is 5.01. The largest absolute Gasteiger partial charge is 0.371 e. The molecule has 0 amide bonds. The number of hydrogen-bond acceptors (Lipinski definition) is 5. The summed E-state index contributed by atoms with van der Waals surface area (Å²) in [6.45, 7) is 5.87. The molecule has 0 aromatic heterocycles. The van der Waals surface area contributed by atoms with Gasteiger partial charge in [-0.3, -0.25) is 10.1 Å². The molecule has 0 unspecified atom stereocenters. The monoisotopic (exact) mass is 327 g/mol. The fourth-order valence-electron chi connectivity index (χ4n) is 2.70. The predicted molar refractivity (Wildman–Crippen MR) is 84.3 cm³/mol. The van der Waals surface area contributed by atoms with E-state index >= 15 is 0 Å². The number of nitrogens with zero attached hydrogens (tertiary/aromatic N) is 2. The van der Waals surface area contributed by atoms with Gasteiger partial charge in [0.1, 0.15) is 0 Å². The van der Waals surface area contributed by atoms with Crippen LogP contribution in [0.5, 0.6) is 0 Å². The van der Waals surface area contributed by atoms with Crippen molar-refractivity contribution in [1.29, 1.82) is 0 Å². The van der Waals surface area contributed by atoms with Crippen molar-refractivity contribution in [3.05, 3.63) is 28.3 Å². The fraction of sp³-hybridized carbons (Fsp3) is 0.571. The molecule has 8 heteroatoms. The van der Waals surface area contributed by atoms with Crippen LogP contribution in [0.15, 0.2) is 23.1 Å². The van der Waals surface area contributed by atoms with Gasteiger partial charge in [0, 0.05) is 30.9 Å². The van der Waals surface area contributed by atoms with Crippen LogP contribution in [0.1, 0.15) is 33.1 Å². The second-order valence-corrected chi connectivity index (χ2v) is 8.05. The SMILES string of the molecule is CC1(C)CCCN(c2cc([N+](=O)[O-])cc(S(N)(=O)=O)c2)CC1. The zero-order valence-electron chi connectivity index (χ0n) is 12.8. The van der Waals surface area contributed by atoms with E-state index in [1.807, 2.05) is 4.90 Å². The minimum Gasteiger partial charge on any atom is -0.371 e. The highest BCUT2D eigenvalue weighted by Crippen LogP contribution is 2.33. The number of nitro groups is 1. The Morgan fingerprint density at radius 1 is 1.23 bits per heavy atom. The molecule has 1 aromatic carbocycles. The Kier molecular flexibility index (Phi) is 4.44. The summed E-state index contributed by atoms with van der Waals surface area (Å²) in [6.07, 6.45) is 2.97. The van der Waals surface area contributed by atoms with Crippen LogP contribution < -0.4 is 10.0 Å². The van der Waals surface area contributed by atoms with Gasteiger partial charge in [-0.25, -0.2) is 13.6 Å². The minimum atomic E-state index is -3.98. The van der Waals surface area contributed by atoms with Crippen LogP contribution in [0.3, 0.4) is 0 Å². The van der Waals surface area contributed by atoms with Crippen molar-refractivity contribution >= 4 is 21.4 Å². The Hall–Kier alpha value is -1.67. The fourth-order valence-corrected chi connectivity index (χ4v) is 3.27. The first-order valence-electron chi connectivity index (χ1n) is 7.16. The van der Waals surface area contributed by atoms with E-state index in [-0.39, 0.29) is 16.0 Å². The van der Waals surface area contributed by atoms with Crippen molar-refractivity contribution in [1.82, 2.24) is 0 Å². The molecular weight excluding hydrogens is 306 g/mol. The molecule has 0 bridgehead atoms. The van der Waals surface area contributed by atoms with Crippen molar-refractivity contribution in [2.24, 2.45) is 10.6 Å². The summed E-state index contributed by atoms with van der Waals surface area (Å²) in [4.78, 5) is 12.2. The van der Waals surface area contributed by atoms with Crippen molar-refractivity contribution < 1.29 is 13.3 Å². The first-order chi connectivity index (χ1) is 10.1. The molecule has 0 aliphatic carbocycles. The molecule has 1 aromatic rings. The van der Waals surface area contributed by atoms with Crippen LogP contribution >= 0.6 is 0 Å². The van der Waals surface area contributed by atoms with E-state index in [0.717, 1.165) is 38.4 Å². The molecule has 7 nitrogen and oxygen atoms in total. The van der Waals surface area contributed by atoms with Gasteiger partial charge in [0.2, 0.25) is 10.0 Å². The molecular formula is C14H21N3O4S. The maximum absolute atomic E-state index is 11.6. The number of primary sulfonamides is 1. The highest BCUT2D eigenvalue weighted by molar-refractivity contribution is 7.89. The van der Waals surface area contributed by atoms with Crippen LogP contribution in [0.4, 0.5) is 11.4 Å². The first-order valence-corrected chi connectivity index (χ1v) is 8.70. The summed E-state index contributed by atoms with van der Waals surface area (Å²) in [7, 11) is -3.98. The van der Waals surface area contributed by atoms with Crippen LogP contribution in [0, 0.1) is 15.5 Å². The van der Waals surface area contributed by atoms with Crippen LogP contribution in [-0.4, -0.2) is 26.4 Å². The van der Waals surface area contributed by atoms with Crippen molar-refractivity contribution in [2.45, 2.75) is 38.0 Å². The molecule has 122 valence electrons. The second-order valence-electron chi connectivity index (χ2n) is 6.49. The molecule has 1 heterocycles. The van der Waals surface area contributed by atoms with E-state index < -0.39 is 14.9 Å². The lowest BCUT2D eigenvalue weighted by Crippen LogP contribution is -2.25.